The predicted octanol–water partition coefficient (Wildman–Crippen LogP) is 3.16. The zero-order valence-electron chi connectivity index (χ0n) is 7.92. The first kappa shape index (κ1) is 9.52. The van der Waals surface area contributed by atoms with Gasteiger partial charge in [-0.3, -0.25) is 0 Å². The Hall–Kier alpha value is -0.570. The molecule has 0 aliphatic carbocycles. The van der Waals surface area contributed by atoms with Crippen molar-refractivity contribution in [2.75, 3.05) is 5.32 Å². The number of nitrogens with one attached hydrogen (secondary N) is 1. The molecular formula is C9H18N2S. The Morgan fingerprint density at radius 1 is 1.67 bits per heavy atom. The van der Waals surface area contributed by atoms with E-state index in [1.54, 1.807) is 11.3 Å². The van der Waals surface area contributed by atoms with Gasteiger partial charge in [0.2, 0.25) is 0 Å². The van der Waals surface area contributed by atoms with Crippen LogP contribution in [0.4, 0.5) is 5.13 Å². The lowest BCUT2D eigenvalue weighted by Crippen LogP contribution is -2.09. The van der Waals surface area contributed by atoms with E-state index in [-0.39, 0.29) is 1.43 Å². The third-order valence-electron chi connectivity index (χ3n) is 1.47. The van der Waals surface area contributed by atoms with Gasteiger partial charge in [0.25, 0.3) is 0 Å². The summed E-state index contributed by atoms with van der Waals surface area (Å²) in [4.78, 5) is 4.45. The molecule has 0 fully saturated rings. The Morgan fingerprint density at radius 3 is 3.00 bits per heavy atom. The lowest BCUT2D eigenvalue weighted by Gasteiger charge is -2.04. The molecule has 0 aliphatic heterocycles. The van der Waals surface area contributed by atoms with Crippen molar-refractivity contribution < 1.29 is 1.43 Å². The van der Waals surface area contributed by atoms with Gasteiger partial charge in [-0.25, -0.2) is 4.98 Å². The summed E-state index contributed by atoms with van der Waals surface area (Å²) < 4.78 is 0. The number of hydrogen-bond acceptors (Lipinski definition) is 3. The lowest BCUT2D eigenvalue weighted by atomic mass is 10.3. The van der Waals surface area contributed by atoms with Crippen LogP contribution in [0.2, 0.25) is 0 Å². The first-order valence-electron chi connectivity index (χ1n) is 4.43. The minimum absolute atomic E-state index is 0. The topological polar surface area (TPSA) is 24.9 Å². The number of aryl methyl sites for hydroxylation is 1. The fourth-order valence-corrected chi connectivity index (χ4v) is 1.88. The van der Waals surface area contributed by atoms with E-state index >= 15 is 0 Å². The summed E-state index contributed by atoms with van der Waals surface area (Å²) in [5, 5.41) is 6.47. The van der Waals surface area contributed by atoms with Crippen molar-refractivity contribution in [1.29, 1.82) is 0 Å². The van der Waals surface area contributed by atoms with Crippen LogP contribution in [-0.2, 0) is 6.42 Å². The van der Waals surface area contributed by atoms with Crippen molar-refractivity contribution in [2.24, 2.45) is 0 Å². The molecule has 1 aromatic heterocycles. The molecule has 0 bridgehead atoms. The fraction of sp³-hybridized carbons (Fsp3) is 0.667. The van der Waals surface area contributed by atoms with E-state index in [1.807, 2.05) is 0 Å². The fourth-order valence-electron chi connectivity index (χ4n) is 0.991. The predicted molar refractivity (Wildman–Crippen MR) is 57.0 cm³/mol. The van der Waals surface area contributed by atoms with Crippen LogP contribution in [0.5, 0.6) is 0 Å². The molecule has 1 heterocycles. The Bertz CT molecular complexity index is 235. The molecule has 0 saturated heterocycles. The highest BCUT2D eigenvalue weighted by molar-refractivity contribution is 7.13. The molecule has 1 rings (SSSR count). The zero-order chi connectivity index (χ0) is 8.97. The van der Waals surface area contributed by atoms with Crippen LogP contribution in [-0.4, -0.2) is 11.0 Å². The third kappa shape index (κ3) is 2.81. The average molecular weight is 186 g/mol. The number of aromatic nitrogens is 1. The Labute approximate surface area is 79.5 Å². The minimum Gasteiger partial charge on any atom is -0.359 e. The van der Waals surface area contributed by atoms with Gasteiger partial charge in [0.05, 0.1) is 5.69 Å². The number of thiazole rings is 1. The SMILES string of the molecule is CCCc1csc(NC(C)C)n1.[HH]. The van der Waals surface area contributed by atoms with Crippen molar-refractivity contribution in [3.05, 3.63) is 11.1 Å². The lowest BCUT2D eigenvalue weighted by molar-refractivity contribution is 0.873. The molecule has 0 atom stereocenters. The molecule has 0 aromatic carbocycles. The van der Waals surface area contributed by atoms with Crippen LogP contribution in [0.1, 0.15) is 34.3 Å². The van der Waals surface area contributed by atoms with Gasteiger partial charge in [-0.2, -0.15) is 0 Å². The molecule has 1 aromatic rings. The molecule has 12 heavy (non-hydrogen) atoms. The van der Waals surface area contributed by atoms with Gasteiger partial charge >= 0.3 is 0 Å². The smallest absolute Gasteiger partial charge is 0.183 e. The summed E-state index contributed by atoms with van der Waals surface area (Å²) >= 11 is 1.70. The molecule has 70 valence electrons. The molecule has 3 heteroatoms. The number of rotatable bonds is 4. The molecule has 0 amide bonds. The second kappa shape index (κ2) is 4.45. The van der Waals surface area contributed by atoms with Gasteiger partial charge in [-0.15, -0.1) is 11.3 Å². The normalized spacial score (nSPS) is 10.7. The van der Waals surface area contributed by atoms with Crippen LogP contribution in [0.15, 0.2) is 5.38 Å². The van der Waals surface area contributed by atoms with Crippen LogP contribution < -0.4 is 5.32 Å². The molecular weight excluding hydrogens is 168 g/mol. The highest BCUT2D eigenvalue weighted by Gasteiger charge is 2.01. The zero-order valence-corrected chi connectivity index (χ0v) is 8.74. The van der Waals surface area contributed by atoms with Crippen molar-refractivity contribution in [2.45, 2.75) is 39.7 Å². The molecule has 0 saturated carbocycles. The standard InChI is InChI=1S/C9H16N2S.H2/c1-4-5-8-6-12-9(11-8)10-7(2)3;/h6-7H,4-5H2,1-3H3,(H,10,11);1H. The third-order valence-corrected chi connectivity index (χ3v) is 2.29. The summed E-state index contributed by atoms with van der Waals surface area (Å²) in [6, 6.07) is 0.477. The van der Waals surface area contributed by atoms with Gasteiger partial charge < -0.3 is 5.32 Å². The van der Waals surface area contributed by atoms with E-state index in [0.29, 0.717) is 6.04 Å². The first-order valence-corrected chi connectivity index (χ1v) is 5.31. The van der Waals surface area contributed by atoms with E-state index in [4.69, 9.17) is 0 Å². The van der Waals surface area contributed by atoms with E-state index in [9.17, 15) is 0 Å². The highest BCUT2D eigenvalue weighted by Crippen LogP contribution is 2.16. The van der Waals surface area contributed by atoms with Crippen LogP contribution >= 0.6 is 11.3 Å². The largest absolute Gasteiger partial charge is 0.359 e. The molecule has 0 unspecified atom stereocenters. The summed E-state index contributed by atoms with van der Waals surface area (Å²) in [5.41, 5.74) is 1.21. The van der Waals surface area contributed by atoms with E-state index in [0.717, 1.165) is 11.6 Å². The van der Waals surface area contributed by atoms with Crippen LogP contribution in [0, 0.1) is 0 Å². The van der Waals surface area contributed by atoms with E-state index in [1.165, 1.54) is 12.1 Å². The molecule has 0 radical (unpaired) electrons. The maximum atomic E-state index is 4.45. The van der Waals surface area contributed by atoms with Crippen LogP contribution in [0.3, 0.4) is 0 Å². The molecule has 2 nitrogen and oxygen atoms in total. The number of anilines is 1. The van der Waals surface area contributed by atoms with Gasteiger partial charge in [-0.1, -0.05) is 13.3 Å². The van der Waals surface area contributed by atoms with Gasteiger partial charge in [0.15, 0.2) is 5.13 Å². The summed E-state index contributed by atoms with van der Waals surface area (Å²) in [6.45, 7) is 6.43. The Morgan fingerprint density at radius 2 is 2.42 bits per heavy atom. The maximum absolute atomic E-state index is 4.45. The average Bonchev–Trinajstić information content (AvgIpc) is 2.36. The summed E-state index contributed by atoms with van der Waals surface area (Å²) in [7, 11) is 0. The quantitative estimate of drug-likeness (QED) is 0.781. The minimum atomic E-state index is 0. The van der Waals surface area contributed by atoms with Crippen LogP contribution in [0.25, 0.3) is 0 Å². The molecule has 1 N–H and O–H groups in total. The number of nitrogens with zero attached hydrogens (tertiary/aromatic N) is 1. The summed E-state index contributed by atoms with van der Waals surface area (Å²) in [5.74, 6) is 0. The Kier molecular flexibility index (Phi) is 3.53. The first-order chi connectivity index (χ1) is 5.72. The molecule has 0 aliphatic rings. The second-order valence-electron chi connectivity index (χ2n) is 3.19. The molecule has 0 spiro atoms. The number of hydrogen-bond donors (Lipinski definition) is 1. The van der Waals surface area contributed by atoms with Crippen molar-refractivity contribution in [3.8, 4) is 0 Å². The maximum Gasteiger partial charge on any atom is 0.183 e. The highest BCUT2D eigenvalue weighted by atomic mass is 32.1. The van der Waals surface area contributed by atoms with Gasteiger partial charge in [-0.05, 0) is 20.3 Å². The van der Waals surface area contributed by atoms with Gasteiger partial charge in [0.1, 0.15) is 0 Å². The van der Waals surface area contributed by atoms with Crippen molar-refractivity contribution in [1.82, 2.24) is 4.98 Å². The Balaban J connectivity index is 0.00000144. The summed E-state index contributed by atoms with van der Waals surface area (Å²) in [6.07, 6.45) is 2.27. The second-order valence-corrected chi connectivity index (χ2v) is 4.05. The monoisotopic (exact) mass is 186 g/mol. The van der Waals surface area contributed by atoms with E-state index in [2.05, 4.69) is 36.5 Å². The van der Waals surface area contributed by atoms with Crippen molar-refractivity contribution in [3.63, 3.8) is 0 Å². The van der Waals surface area contributed by atoms with Gasteiger partial charge in [0, 0.05) is 12.8 Å². The van der Waals surface area contributed by atoms with Crippen molar-refractivity contribution >= 4 is 16.5 Å². The van der Waals surface area contributed by atoms with E-state index < -0.39 is 0 Å².